The molecule has 1 aromatic carbocycles. The first-order valence-corrected chi connectivity index (χ1v) is 12.1. The summed E-state index contributed by atoms with van der Waals surface area (Å²) < 4.78 is 84.3. The number of fused-ring (bicyclic) bond motifs is 1. The van der Waals surface area contributed by atoms with Crippen molar-refractivity contribution in [3.05, 3.63) is 34.9 Å². The fourth-order valence-electron chi connectivity index (χ4n) is 2.24. The van der Waals surface area contributed by atoms with Gasteiger partial charge in [-0.25, -0.2) is 17.2 Å². The van der Waals surface area contributed by atoms with Gasteiger partial charge in [0.2, 0.25) is 9.84 Å². The van der Waals surface area contributed by atoms with Crippen LogP contribution >= 0.6 is 0 Å². The second-order valence-corrected chi connectivity index (χ2v) is 14.1. The maximum absolute atomic E-state index is 14.5. The number of rotatable bonds is 4. The molecule has 0 fully saturated rings. The molecule has 0 heterocycles. The molecular formula is C16H20F4O3SSi. The highest BCUT2D eigenvalue weighted by Crippen LogP contribution is 2.46. The standard InChI is InChI=1S/C16H20F4O3SSi/c1-16(2,3)25(4,5)23-14-11(18)8-9-10(17)6-7-12(13(9)14)24(21,22)15(19)20/h6-7,15H,8H2,1-5H3. The smallest absolute Gasteiger partial charge is 0.341 e. The summed E-state index contributed by atoms with van der Waals surface area (Å²) in [6.45, 7) is 9.25. The van der Waals surface area contributed by atoms with Crippen molar-refractivity contribution in [1.29, 1.82) is 0 Å². The molecule has 3 nitrogen and oxygen atoms in total. The van der Waals surface area contributed by atoms with Crippen molar-refractivity contribution in [1.82, 2.24) is 0 Å². The molecule has 0 bridgehead atoms. The number of sulfone groups is 1. The van der Waals surface area contributed by atoms with Gasteiger partial charge in [-0.1, -0.05) is 20.8 Å². The van der Waals surface area contributed by atoms with Crippen molar-refractivity contribution >= 4 is 23.9 Å². The first-order valence-electron chi connectivity index (χ1n) is 7.61. The summed E-state index contributed by atoms with van der Waals surface area (Å²) in [5.41, 5.74) is -0.685. The van der Waals surface area contributed by atoms with E-state index in [2.05, 4.69) is 0 Å². The Morgan fingerprint density at radius 1 is 1.16 bits per heavy atom. The lowest BCUT2D eigenvalue weighted by atomic mass is 10.1. The van der Waals surface area contributed by atoms with Crippen molar-refractivity contribution in [3.63, 3.8) is 0 Å². The van der Waals surface area contributed by atoms with Gasteiger partial charge in [0.1, 0.15) is 17.4 Å². The van der Waals surface area contributed by atoms with Crippen LogP contribution in [0.15, 0.2) is 22.9 Å². The van der Waals surface area contributed by atoms with Crippen molar-refractivity contribution in [2.24, 2.45) is 0 Å². The summed E-state index contributed by atoms with van der Waals surface area (Å²) in [4.78, 5) is -0.805. The highest BCUT2D eigenvalue weighted by molar-refractivity contribution is 7.91. The Balaban J connectivity index is 2.69. The van der Waals surface area contributed by atoms with Crippen molar-refractivity contribution in [2.45, 2.75) is 56.0 Å². The zero-order chi connectivity index (χ0) is 19.4. The fraction of sp³-hybridized carbons (Fsp3) is 0.500. The Labute approximate surface area is 145 Å². The van der Waals surface area contributed by atoms with Crippen molar-refractivity contribution < 1.29 is 30.4 Å². The predicted molar refractivity (Wildman–Crippen MR) is 89.6 cm³/mol. The molecule has 1 aromatic rings. The molecule has 0 atom stereocenters. The SMILES string of the molecule is CC(C)(C)[Si](C)(C)OC1=C(F)Cc2c(F)ccc(S(=O)(=O)C(F)F)c21. The normalized spacial score (nSPS) is 15.8. The number of alkyl halides is 2. The Morgan fingerprint density at radius 3 is 2.20 bits per heavy atom. The Hall–Kier alpha value is -1.35. The topological polar surface area (TPSA) is 43.4 Å². The number of hydrogen-bond acceptors (Lipinski definition) is 3. The number of allylic oxidation sites excluding steroid dienone is 1. The van der Waals surface area contributed by atoms with Gasteiger partial charge in [0.15, 0.2) is 0 Å². The minimum Gasteiger partial charge on any atom is -0.541 e. The fourth-order valence-corrected chi connectivity index (χ4v) is 4.22. The maximum Gasteiger partial charge on any atom is 0.341 e. The van der Waals surface area contributed by atoms with Gasteiger partial charge in [-0.3, -0.25) is 0 Å². The molecule has 9 heteroatoms. The summed E-state index contributed by atoms with van der Waals surface area (Å²) >= 11 is 0. The lowest BCUT2D eigenvalue weighted by molar-refractivity contribution is 0.234. The van der Waals surface area contributed by atoms with Gasteiger partial charge in [0, 0.05) is 17.5 Å². The number of benzene rings is 1. The van der Waals surface area contributed by atoms with E-state index in [1.54, 1.807) is 13.1 Å². The van der Waals surface area contributed by atoms with Gasteiger partial charge in [0.25, 0.3) is 8.32 Å². The van der Waals surface area contributed by atoms with Gasteiger partial charge in [-0.15, -0.1) is 0 Å². The summed E-state index contributed by atoms with van der Waals surface area (Å²) in [5, 5.41) is -0.349. The van der Waals surface area contributed by atoms with E-state index in [0.29, 0.717) is 0 Å². The first kappa shape index (κ1) is 20.0. The summed E-state index contributed by atoms with van der Waals surface area (Å²) in [7, 11) is -7.64. The average molecular weight is 396 g/mol. The van der Waals surface area contributed by atoms with E-state index in [9.17, 15) is 26.0 Å². The molecule has 2 rings (SSSR count). The van der Waals surface area contributed by atoms with Crippen LogP contribution in [0.3, 0.4) is 0 Å². The van der Waals surface area contributed by atoms with Crippen molar-refractivity contribution in [2.75, 3.05) is 0 Å². The number of halogens is 4. The van der Waals surface area contributed by atoms with Crippen LogP contribution in [0.25, 0.3) is 5.76 Å². The molecule has 0 N–H and O–H groups in total. The maximum atomic E-state index is 14.5. The Morgan fingerprint density at radius 2 is 1.72 bits per heavy atom. The molecule has 140 valence electrons. The minimum absolute atomic E-state index is 0.270. The van der Waals surface area contributed by atoms with Gasteiger partial charge >= 0.3 is 5.76 Å². The largest absolute Gasteiger partial charge is 0.541 e. The zero-order valence-corrected chi connectivity index (χ0v) is 16.4. The van der Waals surface area contributed by atoms with Gasteiger partial charge < -0.3 is 4.43 Å². The van der Waals surface area contributed by atoms with Crippen LogP contribution in [0.5, 0.6) is 0 Å². The Kier molecular flexibility index (Phi) is 4.89. The molecular weight excluding hydrogens is 376 g/mol. The second-order valence-electron chi connectivity index (χ2n) is 7.48. The molecule has 0 aliphatic heterocycles. The van der Waals surface area contributed by atoms with E-state index in [0.717, 1.165) is 12.1 Å². The highest BCUT2D eigenvalue weighted by Gasteiger charge is 2.44. The monoisotopic (exact) mass is 396 g/mol. The molecule has 0 saturated carbocycles. The molecule has 0 radical (unpaired) electrons. The number of hydrogen-bond donors (Lipinski definition) is 0. The molecule has 0 unspecified atom stereocenters. The third-order valence-corrected chi connectivity index (χ3v) is 10.5. The summed E-state index contributed by atoms with van der Waals surface area (Å²) in [6.07, 6.45) is -0.516. The molecule has 0 amide bonds. The van der Waals surface area contributed by atoms with E-state index in [1.807, 2.05) is 20.8 Å². The predicted octanol–water partition coefficient (Wildman–Crippen LogP) is 5.04. The molecule has 0 saturated heterocycles. The summed E-state index contributed by atoms with van der Waals surface area (Å²) in [6, 6.07) is 1.50. The molecule has 0 spiro atoms. The Bertz CT molecular complexity index is 840. The van der Waals surface area contributed by atoms with Crippen LogP contribution in [-0.4, -0.2) is 22.5 Å². The average Bonchev–Trinajstić information content (AvgIpc) is 2.75. The van der Waals surface area contributed by atoms with Crippen LogP contribution in [0, 0.1) is 5.82 Å². The minimum atomic E-state index is -5.03. The summed E-state index contributed by atoms with van der Waals surface area (Å²) in [5.74, 6) is -5.83. The van der Waals surface area contributed by atoms with E-state index in [4.69, 9.17) is 4.43 Å². The van der Waals surface area contributed by atoms with Gasteiger partial charge in [-0.2, -0.15) is 8.78 Å². The van der Waals surface area contributed by atoms with E-state index < -0.39 is 58.2 Å². The van der Waals surface area contributed by atoms with Crippen LogP contribution in [0.1, 0.15) is 31.9 Å². The lowest BCUT2D eigenvalue weighted by Crippen LogP contribution is -2.40. The van der Waals surface area contributed by atoms with E-state index in [1.165, 1.54) is 0 Å². The molecule has 25 heavy (non-hydrogen) atoms. The van der Waals surface area contributed by atoms with Gasteiger partial charge in [-0.05, 0) is 30.3 Å². The molecule has 0 aromatic heterocycles. The van der Waals surface area contributed by atoms with Crippen LogP contribution in [0.4, 0.5) is 17.6 Å². The van der Waals surface area contributed by atoms with Crippen LogP contribution < -0.4 is 0 Å². The lowest BCUT2D eigenvalue weighted by Gasteiger charge is -2.37. The van der Waals surface area contributed by atoms with Gasteiger partial charge in [0.05, 0.1) is 4.90 Å². The molecule has 1 aliphatic rings. The zero-order valence-electron chi connectivity index (χ0n) is 14.6. The first-order chi connectivity index (χ1) is 11.2. The highest BCUT2D eigenvalue weighted by atomic mass is 32.2. The van der Waals surface area contributed by atoms with Crippen LogP contribution in [0.2, 0.25) is 18.1 Å². The third-order valence-electron chi connectivity index (χ3n) is 4.73. The third kappa shape index (κ3) is 3.35. The molecule has 1 aliphatic carbocycles. The van der Waals surface area contributed by atoms with Crippen molar-refractivity contribution in [3.8, 4) is 0 Å². The van der Waals surface area contributed by atoms with Crippen LogP contribution in [-0.2, 0) is 20.7 Å². The second kappa shape index (κ2) is 6.12. The van der Waals surface area contributed by atoms with E-state index >= 15 is 0 Å². The quantitative estimate of drug-likeness (QED) is 0.407. The van der Waals surface area contributed by atoms with E-state index in [-0.39, 0.29) is 10.6 Å².